The first kappa shape index (κ1) is 13.0. The van der Waals surface area contributed by atoms with Crippen LogP contribution in [0.3, 0.4) is 0 Å². The molecule has 1 aliphatic heterocycles. The van der Waals surface area contributed by atoms with Crippen LogP contribution in [0.4, 0.5) is 10.5 Å². The van der Waals surface area contributed by atoms with E-state index in [0.717, 1.165) is 0 Å². The number of amides is 1. The number of carbonyl (C=O) groups is 1. The van der Waals surface area contributed by atoms with Crippen molar-refractivity contribution in [2.75, 3.05) is 32.3 Å². The Hall–Kier alpha value is -2.42. The third-order valence-electron chi connectivity index (χ3n) is 2.89. The molecule has 0 aromatic heterocycles. The zero-order chi connectivity index (χ0) is 13.8. The molecule has 0 N–H and O–H groups in total. The summed E-state index contributed by atoms with van der Waals surface area (Å²) in [5, 5.41) is 8.91. The second-order valence-corrected chi connectivity index (χ2v) is 4.05. The Morgan fingerprint density at radius 2 is 2.11 bits per heavy atom. The SMILES string of the molecule is COc1ccc(N2CC(C#N)COC2=O)cc1OC. The van der Waals surface area contributed by atoms with Crippen molar-refractivity contribution in [1.82, 2.24) is 0 Å². The number of nitrogens with zero attached hydrogens (tertiary/aromatic N) is 2. The van der Waals surface area contributed by atoms with Gasteiger partial charge in [-0.05, 0) is 12.1 Å². The molecule has 0 aliphatic carbocycles. The fourth-order valence-electron chi connectivity index (χ4n) is 1.88. The number of hydrogen-bond donors (Lipinski definition) is 0. The van der Waals surface area contributed by atoms with E-state index in [4.69, 9.17) is 19.5 Å². The lowest BCUT2D eigenvalue weighted by atomic mass is 10.1. The molecule has 1 saturated heterocycles. The van der Waals surface area contributed by atoms with Gasteiger partial charge >= 0.3 is 6.09 Å². The van der Waals surface area contributed by atoms with Gasteiger partial charge < -0.3 is 14.2 Å². The van der Waals surface area contributed by atoms with Gasteiger partial charge in [0.2, 0.25) is 0 Å². The highest BCUT2D eigenvalue weighted by Gasteiger charge is 2.28. The summed E-state index contributed by atoms with van der Waals surface area (Å²) in [6, 6.07) is 7.21. The Balaban J connectivity index is 2.30. The van der Waals surface area contributed by atoms with Crippen molar-refractivity contribution in [3.8, 4) is 17.6 Å². The third kappa shape index (κ3) is 2.55. The summed E-state index contributed by atoms with van der Waals surface area (Å²) in [6.45, 7) is 0.448. The molecule has 19 heavy (non-hydrogen) atoms. The van der Waals surface area contributed by atoms with Crippen molar-refractivity contribution in [3.63, 3.8) is 0 Å². The van der Waals surface area contributed by atoms with Crippen molar-refractivity contribution >= 4 is 11.8 Å². The molecule has 6 nitrogen and oxygen atoms in total. The zero-order valence-corrected chi connectivity index (χ0v) is 10.8. The van der Waals surface area contributed by atoms with Crippen LogP contribution in [0.2, 0.25) is 0 Å². The van der Waals surface area contributed by atoms with E-state index in [1.807, 2.05) is 0 Å². The van der Waals surface area contributed by atoms with Gasteiger partial charge in [-0.25, -0.2) is 4.79 Å². The van der Waals surface area contributed by atoms with Crippen molar-refractivity contribution in [2.24, 2.45) is 5.92 Å². The number of benzene rings is 1. The maximum absolute atomic E-state index is 11.7. The minimum Gasteiger partial charge on any atom is -0.493 e. The van der Waals surface area contributed by atoms with Crippen LogP contribution < -0.4 is 14.4 Å². The molecule has 100 valence electrons. The Labute approximate surface area is 111 Å². The number of methoxy groups -OCH3 is 2. The minimum atomic E-state index is -0.460. The molecule has 6 heteroatoms. The lowest BCUT2D eigenvalue weighted by Crippen LogP contribution is -2.42. The Bertz CT molecular complexity index is 524. The molecule has 1 atom stereocenters. The lowest BCUT2D eigenvalue weighted by Gasteiger charge is -2.29. The van der Waals surface area contributed by atoms with E-state index in [0.29, 0.717) is 23.7 Å². The molecule has 0 spiro atoms. The van der Waals surface area contributed by atoms with Crippen molar-refractivity contribution in [3.05, 3.63) is 18.2 Å². The van der Waals surface area contributed by atoms with Gasteiger partial charge in [0.25, 0.3) is 0 Å². The number of nitriles is 1. The standard InChI is InChI=1S/C13H14N2O4/c1-17-11-4-3-10(5-12(11)18-2)15-7-9(6-14)8-19-13(15)16/h3-5,9H,7-8H2,1-2H3. The Morgan fingerprint density at radius 3 is 2.74 bits per heavy atom. The average molecular weight is 262 g/mol. The first-order valence-electron chi connectivity index (χ1n) is 5.75. The largest absolute Gasteiger partial charge is 0.493 e. The highest BCUT2D eigenvalue weighted by Crippen LogP contribution is 2.32. The Kier molecular flexibility index (Phi) is 3.76. The predicted octanol–water partition coefficient (Wildman–Crippen LogP) is 1.80. The van der Waals surface area contributed by atoms with Gasteiger partial charge in [-0.3, -0.25) is 4.90 Å². The van der Waals surface area contributed by atoms with Gasteiger partial charge in [0.1, 0.15) is 6.61 Å². The Morgan fingerprint density at radius 1 is 1.37 bits per heavy atom. The van der Waals surface area contributed by atoms with Gasteiger partial charge in [-0.15, -0.1) is 0 Å². The van der Waals surface area contributed by atoms with E-state index in [2.05, 4.69) is 6.07 Å². The lowest BCUT2D eigenvalue weighted by molar-refractivity contribution is 0.127. The van der Waals surface area contributed by atoms with Crippen LogP contribution in [0.5, 0.6) is 11.5 Å². The van der Waals surface area contributed by atoms with Gasteiger partial charge in [0.05, 0.1) is 31.9 Å². The van der Waals surface area contributed by atoms with Crippen LogP contribution >= 0.6 is 0 Å². The number of carbonyl (C=O) groups excluding carboxylic acids is 1. The molecule has 1 unspecified atom stereocenters. The highest BCUT2D eigenvalue weighted by molar-refractivity contribution is 5.89. The van der Waals surface area contributed by atoms with Gasteiger partial charge in [0.15, 0.2) is 11.5 Å². The normalized spacial score (nSPS) is 18.5. The van der Waals surface area contributed by atoms with E-state index < -0.39 is 6.09 Å². The summed E-state index contributed by atoms with van der Waals surface area (Å²) in [5.74, 6) is 0.770. The highest BCUT2D eigenvalue weighted by atomic mass is 16.6. The molecule has 0 saturated carbocycles. The molecule has 0 bridgehead atoms. The van der Waals surface area contributed by atoms with E-state index in [1.54, 1.807) is 25.3 Å². The van der Waals surface area contributed by atoms with Crippen LogP contribution in [0.25, 0.3) is 0 Å². The minimum absolute atomic E-state index is 0.138. The summed E-state index contributed by atoms with van der Waals surface area (Å²) < 4.78 is 15.3. The number of anilines is 1. The second kappa shape index (κ2) is 5.48. The number of cyclic esters (lactones) is 1. The first-order chi connectivity index (χ1) is 9.19. The second-order valence-electron chi connectivity index (χ2n) is 4.05. The number of rotatable bonds is 3. The molecule has 1 aromatic rings. The number of ether oxygens (including phenoxy) is 3. The molecule has 0 radical (unpaired) electrons. The van der Waals surface area contributed by atoms with E-state index >= 15 is 0 Å². The van der Waals surface area contributed by atoms with Crippen LogP contribution in [-0.4, -0.2) is 33.5 Å². The topological polar surface area (TPSA) is 71.8 Å². The van der Waals surface area contributed by atoms with Crippen LogP contribution in [0.15, 0.2) is 18.2 Å². The van der Waals surface area contributed by atoms with Crippen LogP contribution in [0.1, 0.15) is 0 Å². The third-order valence-corrected chi connectivity index (χ3v) is 2.89. The summed E-state index contributed by atoms with van der Waals surface area (Å²) >= 11 is 0. The smallest absolute Gasteiger partial charge is 0.414 e. The molecular weight excluding hydrogens is 248 g/mol. The molecule has 1 heterocycles. The maximum atomic E-state index is 11.7. The van der Waals surface area contributed by atoms with Gasteiger partial charge in [-0.1, -0.05) is 0 Å². The fourth-order valence-corrected chi connectivity index (χ4v) is 1.88. The van der Waals surface area contributed by atoms with E-state index in [-0.39, 0.29) is 12.5 Å². The maximum Gasteiger partial charge on any atom is 0.414 e. The molecule has 1 amide bonds. The van der Waals surface area contributed by atoms with E-state index in [1.165, 1.54) is 12.0 Å². The van der Waals surface area contributed by atoms with E-state index in [9.17, 15) is 4.79 Å². The predicted molar refractivity (Wildman–Crippen MR) is 67.3 cm³/mol. The van der Waals surface area contributed by atoms with Crippen molar-refractivity contribution < 1.29 is 19.0 Å². The summed E-state index contributed by atoms with van der Waals surface area (Å²) in [7, 11) is 3.06. The zero-order valence-electron chi connectivity index (χ0n) is 10.8. The average Bonchev–Trinajstić information content (AvgIpc) is 2.47. The molecule has 1 aliphatic rings. The molecule has 2 rings (SSSR count). The molecule has 1 aromatic carbocycles. The van der Waals surface area contributed by atoms with Crippen LogP contribution in [-0.2, 0) is 4.74 Å². The summed E-state index contributed by atoms with van der Waals surface area (Å²) in [6.07, 6.45) is -0.460. The summed E-state index contributed by atoms with van der Waals surface area (Å²) in [5.41, 5.74) is 0.614. The van der Waals surface area contributed by atoms with Gasteiger partial charge in [-0.2, -0.15) is 5.26 Å². The number of hydrogen-bond acceptors (Lipinski definition) is 5. The van der Waals surface area contributed by atoms with Crippen LogP contribution in [0, 0.1) is 17.2 Å². The van der Waals surface area contributed by atoms with Crippen molar-refractivity contribution in [2.45, 2.75) is 0 Å². The quantitative estimate of drug-likeness (QED) is 0.830. The fraction of sp³-hybridized carbons (Fsp3) is 0.385. The molecular formula is C13H14N2O4. The van der Waals surface area contributed by atoms with Crippen molar-refractivity contribution in [1.29, 1.82) is 5.26 Å². The molecule has 1 fully saturated rings. The monoisotopic (exact) mass is 262 g/mol. The van der Waals surface area contributed by atoms with Gasteiger partial charge in [0, 0.05) is 12.6 Å². The first-order valence-corrected chi connectivity index (χ1v) is 5.75. The summed E-state index contributed by atoms with van der Waals surface area (Å²) in [4.78, 5) is 13.1.